The minimum atomic E-state index is -0.812. The number of amides is 1. The van der Waals surface area contributed by atoms with E-state index in [0.717, 1.165) is 12.5 Å². The number of benzene rings is 1. The number of aromatic amines is 2. The Morgan fingerprint density at radius 3 is 2.85 bits per heavy atom. The monoisotopic (exact) mass is 295 g/mol. The topological polar surface area (TPSA) is 80.9 Å². The molecule has 2 aromatic rings. The van der Waals surface area contributed by atoms with Gasteiger partial charge in [0.2, 0.25) is 0 Å². The molecule has 7 heteroatoms. The van der Waals surface area contributed by atoms with Crippen molar-refractivity contribution in [2.45, 2.75) is 24.9 Å². The zero-order valence-electron chi connectivity index (χ0n) is 10.6. The number of aliphatic hydroxyl groups is 1. The molecule has 0 bridgehead atoms. The molecule has 0 atom stereocenters. The van der Waals surface area contributed by atoms with Crippen LogP contribution in [0.3, 0.4) is 0 Å². The van der Waals surface area contributed by atoms with Gasteiger partial charge in [0.1, 0.15) is 5.82 Å². The van der Waals surface area contributed by atoms with Gasteiger partial charge in [0.05, 0.1) is 22.2 Å². The smallest absolute Gasteiger partial charge is 0.253 e. The molecule has 1 amide bonds. The van der Waals surface area contributed by atoms with Gasteiger partial charge in [0.25, 0.3) is 5.91 Å². The quantitative estimate of drug-likeness (QED) is 0.654. The van der Waals surface area contributed by atoms with E-state index in [0.29, 0.717) is 28.6 Å². The van der Waals surface area contributed by atoms with E-state index in [1.165, 1.54) is 6.07 Å². The lowest BCUT2D eigenvalue weighted by molar-refractivity contribution is -0.0300. The highest BCUT2D eigenvalue weighted by atomic mass is 32.1. The highest BCUT2D eigenvalue weighted by Gasteiger charge is 2.34. The normalized spacial score (nSPS) is 16.9. The van der Waals surface area contributed by atoms with E-state index < -0.39 is 17.3 Å². The fourth-order valence-corrected chi connectivity index (χ4v) is 2.60. The summed E-state index contributed by atoms with van der Waals surface area (Å²) >= 11 is 4.95. The molecule has 0 aliphatic heterocycles. The molecule has 1 aliphatic carbocycles. The molecule has 1 aromatic carbocycles. The summed E-state index contributed by atoms with van der Waals surface area (Å²) in [4.78, 5) is 17.8. The Labute approximate surface area is 119 Å². The van der Waals surface area contributed by atoms with E-state index in [-0.39, 0.29) is 12.1 Å². The van der Waals surface area contributed by atoms with Crippen LogP contribution in [0, 0.1) is 10.6 Å². The zero-order chi connectivity index (χ0) is 14.3. The van der Waals surface area contributed by atoms with Gasteiger partial charge in [0.15, 0.2) is 4.77 Å². The van der Waals surface area contributed by atoms with Crippen LogP contribution in [0.25, 0.3) is 11.0 Å². The number of imidazole rings is 1. The Kier molecular flexibility index (Phi) is 3.10. The second-order valence-electron chi connectivity index (χ2n) is 5.22. The summed E-state index contributed by atoms with van der Waals surface area (Å²) in [5.41, 5.74) is 0.278. The third-order valence-corrected chi connectivity index (χ3v) is 3.90. The number of H-pyrrole nitrogens is 2. The summed E-state index contributed by atoms with van der Waals surface area (Å²) in [6.07, 6.45) is 2.32. The molecule has 0 radical (unpaired) electrons. The molecule has 4 N–H and O–H groups in total. The minimum Gasteiger partial charge on any atom is -0.388 e. The van der Waals surface area contributed by atoms with Crippen molar-refractivity contribution in [1.29, 1.82) is 0 Å². The summed E-state index contributed by atoms with van der Waals surface area (Å²) in [6.45, 7) is 0.176. The fraction of sp³-hybridized carbons (Fsp3) is 0.385. The van der Waals surface area contributed by atoms with Gasteiger partial charge in [-0.3, -0.25) is 4.79 Å². The van der Waals surface area contributed by atoms with E-state index in [9.17, 15) is 14.3 Å². The first-order chi connectivity index (χ1) is 9.47. The summed E-state index contributed by atoms with van der Waals surface area (Å²) in [5.74, 6) is -0.949. The van der Waals surface area contributed by atoms with Crippen LogP contribution in [0.4, 0.5) is 4.39 Å². The average molecular weight is 295 g/mol. The maximum atomic E-state index is 13.5. The predicted molar refractivity (Wildman–Crippen MR) is 74.6 cm³/mol. The SMILES string of the molecule is O=C(NCC1(O)CCC1)c1cc(F)cc2[nH]c(=S)[nH]c12. The van der Waals surface area contributed by atoms with Crippen molar-refractivity contribution >= 4 is 29.2 Å². The number of aromatic nitrogens is 2. The lowest BCUT2D eigenvalue weighted by Crippen LogP contribution is -2.47. The van der Waals surface area contributed by atoms with E-state index in [4.69, 9.17) is 12.2 Å². The molecule has 1 fully saturated rings. The molecule has 1 heterocycles. The summed E-state index contributed by atoms with van der Waals surface area (Å²) < 4.78 is 13.9. The number of carbonyl (C=O) groups excluding carboxylic acids is 1. The molecule has 1 saturated carbocycles. The number of rotatable bonds is 3. The molecular weight excluding hydrogens is 281 g/mol. The molecule has 106 valence electrons. The number of halogens is 1. The molecule has 0 spiro atoms. The van der Waals surface area contributed by atoms with E-state index in [1.54, 1.807) is 0 Å². The van der Waals surface area contributed by atoms with Crippen LogP contribution < -0.4 is 5.32 Å². The molecular formula is C13H14FN3O2S. The maximum absolute atomic E-state index is 13.5. The number of fused-ring (bicyclic) bond motifs is 1. The largest absolute Gasteiger partial charge is 0.388 e. The Morgan fingerprint density at radius 1 is 1.45 bits per heavy atom. The van der Waals surface area contributed by atoms with Gasteiger partial charge in [0, 0.05) is 6.54 Å². The number of hydrogen-bond donors (Lipinski definition) is 4. The van der Waals surface area contributed by atoms with Crippen molar-refractivity contribution in [1.82, 2.24) is 15.3 Å². The van der Waals surface area contributed by atoms with Crippen LogP contribution in [0.2, 0.25) is 0 Å². The number of carbonyl (C=O) groups is 1. The van der Waals surface area contributed by atoms with Crippen LogP contribution in [-0.4, -0.2) is 33.1 Å². The van der Waals surface area contributed by atoms with E-state index in [2.05, 4.69) is 15.3 Å². The lowest BCUT2D eigenvalue weighted by Gasteiger charge is -2.36. The molecule has 0 saturated heterocycles. The molecule has 1 aromatic heterocycles. The van der Waals surface area contributed by atoms with Crippen molar-refractivity contribution in [3.8, 4) is 0 Å². The summed E-state index contributed by atoms with van der Waals surface area (Å²) in [6, 6.07) is 2.43. The van der Waals surface area contributed by atoms with Crippen LogP contribution in [0.1, 0.15) is 29.6 Å². The first-order valence-corrected chi connectivity index (χ1v) is 6.80. The summed E-state index contributed by atoms with van der Waals surface area (Å²) in [7, 11) is 0. The van der Waals surface area contributed by atoms with Crippen LogP contribution in [0.5, 0.6) is 0 Å². The molecule has 1 aliphatic rings. The van der Waals surface area contributed by atoms with Gasteiger partial charge in [-0.2, -0.15) is 0 Å². The van der Waals surface area contributed by atoms with Crippen LogP contribution in [0.15, 0.2) is 12.1 Å². The van der Waals surface area contributed by atoms with Gasteiger partial charge >= 0.3 is 0 Å². The average Bonchev–Trinajstić information content (AvgIpc) is 2.72. The Bertz CT molecular complexity index is 733. The third kappa shape index (κ3) is 2.34. The van der Waals surface area contributed by atoms with Gasteiger partial charge in [-0.1, -0.05) is 0 Å². The first-order valence-electron chi connectivity index (χ1n) is 6.39. The zero-order valence-corrected chi connectivity index (χ0v) is 11.4. The standard InChI is InChI=1S/C13H14FN3O2S/c14-7-4-8(10-9(5-7)16-12(20)17-10)11(18)15-6-13(19)2-1-3-13/h4-5,19H,1-3,6H2,(H,15,18)(H2,16,17,20). The van der Waals surface area contributed by atoms with Crippen molar-refractivity contribution in [2.75, 3.05) is 6.54 Å². The molecule has 0 unspecified atom stereocenters. The highest BCUT2D eigenvalue weighted by molar-refractivity contribution is 7.71. The van der Waals surface area contributed by atoms with Gasteiger partial charge in [-0.05, 0) is 43.6 Å². The van der Waals surface area contributed by atoms with Gasteiger partial charge in [-0.15, -0.1) is 0 Å². The maximum Gasteiger partial charge on any atom is 0.253 e. The summed E-state index contributed by atoms with van der Waals surface area (Å²) in [5, 5.41) is 12.6. The van der Waals surface area contributed by atoms with E-state index in [1.807, 2.05) is 0 Å². The van der Waals surface area contributed by atoms with Crippen molar-refractivity contribution < 1.29 is 14.3 Å². The fourth-order valence-electron chi connectivity index (χ4n) is 2.39. The Hall–Kier alpha value is -1.73. The van der Waals surface area contributed by atoms with Crippen molar-refractivity contribution in [3.05, 3.63) is 28.3 Å². The minimum absolute atomic E-state index is 0.176. The van der Waals surface area contributed by atoms with Gasteiger partial charge < -0.3 is 20.4 Å². The van der Waals surface area contributed by atoms with Crippen LogP contribution >= 0.6 is 12.2 Å². The predicted octanol–water partition coefficient (Wildman–Crippen LogP) is 2.01. The Morgan fingerprint density at radius 2 is 2.20 bits per heavy atom. The Balaban J connectivity index is 1.88. The lowest BCUT2D eigenvalue weighted by atomic mass is 9.80. The first kappa shape index (κ1) is 13.3. The van der Waals surface area contributed by atoms with Crippen molar-refractivity contribution in [3.63, 3.8) is 0 Å². The van der Waals surface area contributed by atoms with Crippen molar-refractivity contribution in [2.24, 2.45) is 0 Å². The van der Waals surface area contributed by atoms with Gasteiger partial charge in [-0.25, -0.2) is 4.39 Å². The molecule has 5 nitrogen and oxygen atoms in total. The van der Waals surface area contributed by atoms with Crippen LogP contribution in [-0.2, 0) is 0 Å². The van der Waals surface area contributed by atoms with E-state index >= 15 is 0 Å². The second kappa shape index (κ2) is 4.68. The highest BCUT2D eigenvalue weighted by Crippen LogP contribution is 2.30. The second-order valence-corrected chi connectivity index (χ2v) is 5.62. The molecule has 3 rings (SSSR count). The molecule has 20 heavy (non-hydrogen) atoms. The number of nitrogens with one attached hydrogen (secondary N) is 3. The third-order valence-electron chi connectivity index (χ3n) is 3.70. The number of hydrogen-bond acceptors (Lipinski definition) is 3.